The van der Waals surface area contributed by atoms with Crippen LogP contribution in [0.3, 0.4) is 0 Å². The second kappa shape index (κ2) is 5.70. The lowest BCUT2D eigenvalue weighted by Gasteiger charge is -2.18. The minimum Gasteiger partial charge on any atom is -0.337 e. The lowest BCUT2D eigenvalue weighted by molar-refractivity contribution is 0.0788. The second-order valence-corrected chi connectivity index (χ2v) is 7.00. The summed E-state index contributed by atoms with van der Waals surface area (Å²) in [4.78, 5) is 15.3. The van der Waals surface area contributed by atoms with Crippen LogP contribution >= 0.6 is 27.3 Å². The maximum Gasteiger partial charge on any atom is 0.264 e. The quantitative estimate of drug-likeness (QED) is 0.785. The third-order valence-corrected chi connectivity index (χ3v) is 5.31. The molecule has 2 nitrogen and oxygen atoms in total. The largest absolute Gasteiger partial charge is 0.337 e. The Morgan fingerprint density at radius 3 is 2.80 bits per heavy atom. The molecule has 20 heavy (non-hydrogen) atoms. The van der Waals surface area contributed by atoms with Gasteiger partial charge in [0.1, 0.15) is 0 Å². The molecule has 0 atom stereocenters. The van der Waals surface area contributed by atoms with Gasteiger partial charge in [0.05, 0.1) is 4.88 Å². The van der Waals surface area contributed by atoms with E-state index in [1.807, 2.05) is 36.7 Å². The molecular formula is C16H16BrNOS. The predicted molar refractivity (Wildman–Crippen MR) is 86.2 cm³/mol. The first kappa shape index (κ1) is 13.8. The van der Waals surface area contributed by atoms with Gasteiger partial charge < -0.3 is 4.90 Å². The van der Waals surface area contributed by atoms with Crippen LogP contribution in [-0.4, -0.2) is 17.9 Å². The molecule has 0 radical (unpaired) electrons. The van der Waals surface area contributed by atoms with Crippen molar-refractivity contribution < 1.29 is 4.79 Å². The molecule has 1 saturated carbocycles. The summed E-state index contributed by atoms with van der Waals surface area (Å²) in [5.74, 6) is 0.759. The first-order valence-corrected chi connectivity index (χ1v) is 8.40. The molecule has 0 N–H and O–H groups in total. The van der Waals surface area contributed by atoms with E-state index in [-0.39, 0.29) is 5.91 Å². The van der Waals surface area contributed by atoms with Crippen molar-refractivity contribution in [2.24, 2.45) is 0 Å². The highest BCUT2D eigenvalue weighted by atomic mass is 79.9. The molecule has 0 aliphatic heterocycles. The Morgan fingerprint density at radius 2 is 2.10 bits per heavy atom. The molecular weight excluding hydrogens is 334 g/mol. The molecule has 4 heteroatoms. The standard InChI is InChI=1S/C16H16BrNOS/c1-18(10-12-4-2-3-5-14(12)17)16(19)15-13(8-9-20-15)11-6-7-11/h2-5,8-9,11H,6-7,10H2,1H3. The third-order valence-electron chi connectivity index (χ3n) is 3.62. The second-order valence-electron chi connectivity index (χ2n) is 5.23. The van der Waals surface area contributed by atoms with Gasteiger partial charge in [0.25, 0.3) is 5.91 Å². The van der Waals surface area contributed by atoms with Gasteiger partial charge in [-0.3, -0.25) is 4.79 Å². The molecule has 1 aliphatic rings. The van der Waals surface area contributed by atoms with E-state index in [9.17, 15) is 4.79 Å². The summed E-state index contributed by atoms with van der Waals surface area (Å²) >= 11 is 5.10. The van der Waals surface area contributed by atoms with Crippen LogP contribution < -0.4 is 0 Å². The Kier molecular flexibility index (Phi) is 3.94. The first-order valence-electron chi connectivity index (χ1n) is 6.73. The minimum absolute atomic E-state index is 0.137. The van der Waals surface area contributed by atoms with Crippen molar-refractivity contribution in [1.29, 1.82) is 0 Å². The fourth-order valence-corrected chi connectivity index (χ4v) is 3.72. The first-order chi connectivity index (χ1) is 9.66. The number of thiophene rings is 1. The van der Waals surface area contributed by atoms with Crippen molar-refractivity contribution >= 4 is 33.2 Å². The van der Waals surface area contributed by atoms with Crippen LogP contribution in [-0.2, 0) is 6.54 Å². The number of carbonyl (C=O) groups is 1. The Labute approximate surface area is 131 Å². The molecule has 1 amide bonds. The van der Waals surface area contributed by atoms with Gasteiger partial charge in [-0.25, -0.2) is 0 Å². The van der Waals surface area contributed by atoms with E-state index in [0.29, 0.717) is 12.5 Å². The number of nitrogens with zero attached hydrogens (tertiary/aromatic N) is 1. The molecule has 0 bridgehead atoms. The van der Waals surface area contributed by atoms with Crippen molar-refractivity contribution in [1.82, 2.24) is 4.90 Å². The SMILES string of the molecule is CN(Cc1ccccc1Br)C(=O)c1sccc1C1CC1. The molecule has 1 heterocycles. The van der Waals surface area contributed by atoms with Gasteiger partial charge >= 0.3 is 0 Å². The van der Waals surface area contributed by atoms with Gasteiger partial charge in [-0.05, 0) is 47.4 Å². The fourth-order valence-electron chi connectivity index (χ4n) is 2.34. The Balaban J connectivity index is 1.76. The third kappa shape index (κ3) is 2.81. The van der Waals surface area contributed by atoms with Gasteiger partial charge in [-0.1, -0.05) is 34.1 Å². The highest BCUT2D eigenvalue weighted by Gasteiger charge is 2.29. The summed E-state index contributed by atoms with van der Waals surface area (Å²) in [5, 5.41) is 2.03. The predicted octanol–water partition coefficient (Wildman–Crippen LogP) is 4.66. The normalized spacial score (nSPS) is 14.3. The van der Waals surface area contributed by atoms with Gasteiger partial charge in [-0.15, -0.1) is 11.3 Å². The lowest BCUT2D eigenvalue weighted by atomic mass is 10.1. The zero-order valence-electron chi connectivity index (χ0n) is 11.3. The molecule has 3 rings (SSSR count). The molecule has 1 aromatic heterocycles. The van der Waals surface area contributed by atoms with Gasteiger partial charge in [0.15, 0.2) is 0 Å². The van der Waals surface area contributed by atoms with Crippen LogP contribution in [0.4, 0.5) is 0 Å². The molecule has 1 fully saturated rings. The van der Waals surface area contributed by atoms with Crippen molar-refractivity contribution in [3.05, 3.63) is 56.2 Å². The van der Waals surface area contributed by atoms with Crippen molar-refractivity contribution in [3.63, 3.8) is 0 Å². The number of benzene rings is 1. The minimum atomic E-state index is 0.137. The highest BCUT2D eigenvalue weighted by molar-refractivity contribution is 9.10. The van der Waals surface area contributed by atoms with Crippen molar-refractivity contribution in [3.8, 4) is 0 Å². The zero-order valence-corrected chi connectivity index (χ0v) is 13.7. The molecule has 104 valence electrons. The Morgan fingerprint density at radius 1 is 1.35 bits per heavy atom. The van der Waals surface area contributed by atoms with Crippen molar-refractivity contribution in [2.75, 3.05) is 7.05 Å². The van der Waals surface area contributed by atoms with E-state index >= 15 is 0 Å². The van der Waals surface area contributed by atoms with E-state index in [2.05, 4.69) is 22.0 Å². The average molecular weight is 350 g/mol. The van der Waals surface area contributed by atoms with Crippen LogP contribution in [0.2, 0.25) is 0 Å². The average Bonchev–Trinajstić information content (AvgIpc) is 3.18. The number of rotatable bonds is 4. The fraction of sp³-hybridized carbons (Fsp3) is 0.312. The number of halogens is 1. The molecule has 0 unspecified atom stereocenters. The lowest BCUT2D eigenvalue weighted by Crippen LogP contribution is -2.26. The Hall–Kier alpha value is -1.13. The highest BCUT2D eigenvalue weighted by Crippen LogP contribution is 2.43. The summed E-state index contributed by atoms with van der Waals surface area (Å²) in [7, 11) is 1.87. The van der Waals surface area contributed by atoms with Crippen molar-refractivity contribution in [2.45, 2.75) is 25.3 Å². The van der Waals surface area contributed by atoms with Crippen LogP contribution in [0.25, 0.3) is 0 Å². The summed E-state index contributed by atoms with van der Waals surface area (Å²) < 4.78 is 1.05. The number of carbonyl (C=O) groups excluding carboxylic acids is 1. The summed E-state index contributed by atoms with van der Waals surface area (Å²) in [5.41, 5.74) is 2.38. The monoisotopic (exact) mass is 349 g/mol. The molecule has 0 saturated heterocycles. The maximum absolute atomic E-state index is 12.6. The summed E-state index contributed by atoms with van der Waals surface area (Å²) in [6.07, 6.45) is 2.45. The Bertz CT molecular complexity index is 633. The van der Waals surface area contributed by atoms with Crippen LogP contribution in [0, 0.1) is 0 Å². The summed E-state index contributed by atoms with van der Waals surface area (Å²) in [6, 6.07) is 10.2. The van der Waals surface area contributed by atoms with Crippen LogP contribution in [0.15, 0.2) is 40.2 Å². The smallest absolute Gasteiger partial charge is 0.264 e. The van der Waals surface area contributed by atoms with Gasteiger partial charge in [-0.2, -0.15) is 0 Å². The van der Waals surface area contributed by atoms with E-state index < -0.39 is 0 Å². The van der Waals surface area contributed by atoms with Gasteiger partial charge in [0, 0.05) is 18.1 Å². The van der Waals surface area contributed by atoms with Crippen LogP contribution in [0.1, 0.15) is 39.6 Å². The zero-order chi connectivity index (χ0) is 14.1. The van der Waals surface area contributed by atoms with E-state index in [4.69, 9.17) is 0 Å². The van der Waals surface area contributed by atoms with Gasteiger partial charge in [0.2, 0.25) is 0 Å². The number of hydrogen-bond donors (Lipinski definition) is 0. The topological polar surface area (TPSA) is 20.3 Å². The molecule has 0 spiro atoms. The van der Waals surface area contributed by atoms with E-state index in [1.54, 1.807) is 16.2 Å². The maximum atomic E-state index is 12.6. The van der Waals surface area contributed by atoms with Crippen LogP contribution in [0.5, 0.6) is 0 Å². The summed E-state index contributed by atoms with van der Waals surface area (Å²) in [6.45, 7) is 0.627. The van der Waals surface area contributed by atoms with E-state index in [0.717, 1.165) is 14.9 Å². The molecule has 2 aromatic rings. The number of hydrogen-bond acceptors (Lipinski definition) is 2. The molecule has 1 aliphatic carbocycles. The number of amides is 1. The molecule has 1 aromatic carbocycles. The van der Waals surface area contributed by atoms with E-state index in [1.165, 1.54) is 18.4 Å².